The number of furan rings is 2. The molecule has 3 heterocycles. The zero-order valence-electron chi connectivity index (χ0n) is 8.71. The number of nitrogens with one attached hydrogen (secondary N) is 1. The summed E-state index contributed by atoms with van der Waals surface area (Å²) in [6.07, 6.45) is 7.69. The molecule has 0 bridgehead atoms. The van der Waals surface area contributed by atoms with Crippen LogP contribution in [-0.4, -0.2) is 15.8 Å². The normalized spacial score (nSPS) is 10.6. The Kier molecular flexibility index (Phi) is 2.15. The zero-order valence-corrected chi connectivity index (χ0v) is 8.71. The van der Waals surface area contributed by atoms with Crippen LogP contribution in [0.2, 0.25) is 0 Å². The van der Waals surface area contributed by atoms with Crippen molar-refractivity contribution in [1.82, 2.24) is 9.97 Å². The summed E-state index contributed by atoms with van der Waals surface area (Å²) < 4.78 is 10.2. The van der Waals surface area contributed by atoms with Crippen LogP contribution < -0.4 is 0 Å². The van der Waals surface area contributed by atoms with Gasteiger partial charge in [-0.3, -0.25) is 4.79 Å². The maximum atomic E-state index is 12.1. The molecular weight excluding hydrogens is 220 g/mol. The third-order valence-corrected chi connectivity index (χ3v) is 2.42. The average Bonchev–Trinajstić information content (AvgIpc) is 3.09. The highest BCUT2D eigenvalue weighted by Gasteiger charge is 2.20. The average molecular weight is 228 g/mol. The highest BCUT2D eigenvalue weighted by atomic mass is 16.3. The molecule has 3 aromatic rings. The summed E-state index contributed by atoms with van der Waals surface area (Å²) in [6, 6.07) is 3.49. The van der Waals surface area contributed by atoms with Crippen molar-refractivity contribution in [3.63, 3.8) is 0 Å². The SMILES string of the molecule is O=C(c1ncc[nH]1)c1occc1-c1ccoc1. The molecule has 0 saturated carbocycles. The summed E-state index contributed by atoms with van der Waals surface area (Å²) in [5.41, 5.74) is 1.49. The number of nitrogens with zero attached hydrogens (tertiary/aromatic N) is 1. The molecule has 84 valence electrons. The number of aromatic nitrogens is 2. The van der Waals surface area contributed by atoms with Crippen molar-refractivity contribution in [2.45, 2.75) is 0 Å². The van der Waals surface area contributed by atoms with Gasteiger partial charge in [0.1, 0.15) is 0 Å². The van der Waals surface area contributed by atoms with Gasteiger partial charge in [0, 0.05) is 23.5 Å². The summed E-state index contributed by atoms with van der Waals surface area (Å²) in [4.78, 5) is 18.7. The second kappa shape index (κ2) is 3.79. The fourth-order valence-corrected chi connectivity index (χ4v) is 1.63. The molecular formula is C12H8N2O3. The lowest BCUT2D eigenvalue weighted by Gasteiger charge is -1.96. The Bertz CT molecular complexity index is 621. The fraction of sp³-hybridized carbons (Fsp3) is 0. The summed E-state index contributed by atoms with van der Waals surface area (Å²) in [5, 5.41) is 0. The van der Waals surface area contributed by atoms with E-state index >= 15 is 0 Å². The number of imidazole rings is 1. The van der Waals surface area contributed by atoms with E-state index in [4.69, 9.17) is 8.83 Å². The van der Waals surface area contributed by atoms with Crippen LogP contribution in [-0.2, 0) is 0 Å². The van der Waals surface area contributed by atoms with Crippen LogP contribution in [0, 0.1) is 0 Å². The first-order valence-electron chi connectivity index (χ1n) is 5.00. The highest BCUT2D eigenvalue weighted by molar-refractivity contribution is 6.08. The lowest BCUT2D eigenvalue weighted by Crippen LogP contribution is -2.03. The van der Waals surface area contributed by atoms with E-state index in [-0.39, 0.29) is 17.4 Å². The molecule has 0 aliphatic rings. The first kappa shape index (κ1) is 9.65. The van der Waals surface area contributed by atoms with E-state index in [2.05, 4.69) is 9.97 Å². The molecule has 0 aliphatic heterocycles. The lowest BCUT2D eigenvalue weighted by atomic mass is 10.1. The van der Waals surface area contributed by atoms with Gasteiger partial charge in [-0.1, -0.05) is 0 Å². The van der Waals surface area contributed by atoms with E-state index in [0.29, 0.717) is 5.56 Å². The minimum atomic E-state index is -0.281. The topological polar surface area (TPSA) is 72.0 Å². The van der Waals surface area contributed by atoms with Crippen LogP contribution in [0.25, 0.3) is 11.1 Å². The lowest BCUT2D eigenvalue weighted by molar-refractivity contribution is 0.100. The number of rotatable bonds is 3. The van der Waals surface area contributed by atoms with Crippen molar-refractivity contribution in [2.24, 2.45) is 0 Å². The number of H-pyrrole nitrogens is 1. The Labute approximate surface area is 96.1 Å². The molecule has 0 amide bonds. The minimum Gasteiger partial charge on any atom is -0.472 e. The molecule has 0 fully saturated rings. The van der Waals surface area contributed by atoms with Crippen LogP contribution in [0.3, 0.4) is 0 Å². The van der Waals surface area contributed by atoms with Crippen molar-refractivity contribution in [1.29, 1.82) is 0 Å². The van der Waals surface area contributed by atoms with Gasteiger partial charge in [-0.25, -0.2) is 4.98 Å². The molecule has 0 aromatic carbocycles. The third kappa shape index (κ3) is 1.57. The third-order valence-electron chi connectivity index (χ3n) is 2.42. The van der Waals surface area contributed by atoms with E-state index < -0.39 is 0 Å². The van der Waals surface area contributed by atoms with Gasteiger partial charge in [0.05, 0.1) is 18.8 Å². The van der Waals surface area contributed by atoms with E-state index in [1.54, 1.807) is 30.9 Å². The Balaban J connectivity index is 2.05. The number of hydrogen-bond donors (Lipinski definition) is 1. The molecule has 1 N–H and O–H groups in total. The van der Waals surface area contributed by atoms with Gasteiger partial charge in [-0.05, 0) is 12.1 Å². The maximum Gasteiger partial charge on any atom is 0.263 e. The van der Waals surface area contributed by atoms with E-state index in [1.165, 1.54) is 12.5 Å². The summed E-state index contributed by atoms with van der Waals surface area (Å²) in [5.74, 6) is 0.224. The minimum absolute atomic E-state index is 0.251. The zero-order chi connectivity index (χ0) is 11.7. The van der Waals surface area contributed by atoms with Gasteiger partial charge in [0.15, 0.2) is 11.6 Å². The number of carbonyl (C=O) groups excluding carboxylic acids is 1. The molecule has 0 atom stereocenters. The van der Waals surface area contributed by atoms with E-state index in [1.807, 2.05) is 0 Å². The second-order valence-electron chi connectivity index (χ2n) is 3.44. The second-order valence-corrected chi connectivity index (χ2v) is 3.44. The molecule has 3 rings (SSSR count). The predicted molar refractivity (Wildman–Crippen MR) is 58.4 cm³/mol. The summed E-state index contributed by atoms with van der Waals surface area (Å²) in [7, 11) is 0. The van der Waals surface area contributed by atoms with Crippen molar-refractivity contribution >= 4 is 5.78 Å². The number of carbonyl (C=O) groups is 1. The highest BCUT2D eigenvalue weighted by Crippen LogP contribution is 2.26. The quantitative estimate of drug-likeness (QED) is 0.699. The molecule has 0 saturated heterocycles. The molecule has 5 nitrogen and oxygen atoms in total. The predicted octanol–water partition coefficient (Wildman–Crippen LogP) is 2.49. The van der Waals surface area contributed by atoms with Crippen LogP contribution >= 0.6 is 0 Å². The van der Waals surface area contributed by atoms with Crippen LogP contribution in [0.15, 0.2) is 52.2 Å². The van der Waals surface area contributed by atoms with Gasteiger partial charge in [-0.2, -0.15) is 0 Å². The molecule has 3 aromatic heterocycles. The van der Waals surface area contributed by atoms with Crippen molar-refractivity contribution in [3.8, 4) is 11.1 Å². The maximum absolute atomic E-state index is 12.1. The Morgan fingerprint density at radius 3 is 2.94 bits per heavy atom. The van der Waals surface area contributed by atoms with Crippen LogP contribution in [0.1, 0.15) is 16.4 Å². The largest absolute Gasteiger partial charge is 0.472 e. The molecule has 0 aliphatic carbocycles. The van der Waals surface area contributed by atoms with Gasteiger partial charge in [0.2, 0.25) is 0 Å². The first-order valence-corrected chi connectivity index (χ1v) is 5.00. The van der Waals surface area contributed by atoms with Gasteiger partial charge < -0.3 is 13.8 Å². The number of hydrogen-bond acceptors (Lipinski definition) is 4. The standard InChI is InChI=1S/C12H8N2O3/c15-10(12-13-3-4-14-12)11-9(2-6-17-11)8-1-5-16-7-8/h1-7H,(H,13,14). The Morgan fingerprint density at radius 2 is 2.24 bits per heavy atom. The van der Waals surface area contributed by atoms with E-state index in [0.717, 1.165) is 5.56 Å². The summed E-state index contributed by atoms with van der Waals surface area (Å²) in [6.45, 7) is 0. The monoisotopic (exact) mass is 228 g/mol. The van der Waals surface area contributed by atoms with Crippen LogP contribution in [0.4, 0.5) is 0 Å². The molecule has 0 spiro atoms. The number of aromatic amines is 1. The van der Waals surface area contributed by atoms with Crippen molar-refractivity contribution in [3.05, 3.63) is 54.9 Å². The van der Waals surface area contributed by atoms with Crippen molar-refractivity contribution < 1.29 is 13.6 Å². The molecule has 0 unspecified atom stereocenters. The van der Waals surface area contributed by atoms with Crippen molar-refractivity contribution in [2.75, 3.05) is 0 Å². The molecule has 17 heavy (non-hydrogen) atoms. The summed E-state index contributed by atoms with van der Waals surface area (Å²) >= 11 is 0. The molecule has 5 heteroatoms. The first-order chi connectivity index (χ1) is 8.36. The van der Waals surface area contributed by atoms with Gasteiger partial charge in [-0.15, -0.1) is 0 Å². The Hall–Kier alpha value is -2.56. The van der Waals surface area contributed by atoms with Crippen LogP contribution in [0.5, 0.6) is 0 Å². The Morgan fingerprint density at radius 1 is 1.29 bits per heavy atom. The molecule has 0 radical (unpaired) electrons. The van der Waals surface area contributed by atoms with Gasteiger partial charge >= 0.3 is 0 Å². The number of ketones is 1. The van der Waals surface area contributed by atoms with E-state index in [9.17, 15) is 4.79 Å². The van der Waals surface area contributed by atoms with Gasteiger partial charge in [0.25, 0.3) is 5.78 Å². The fourth-order valence-electron chi connectivity index (χ4n) is 1.63. The smallest absolute Gasteiger partial charge is 0.263 e.